The lowest BCUT2D eigenvalue weighted by Crippen LogP contribution is -2.47. The highest BCUT2D eigenvalue weighted by Crippen LogP contribution is 2.28. The van der Waals surface area contributed by atoms with E-state index >= 15 is 0 Å². The van der Waals surface area contributed by atoms with Gasteiger partial charge in [-0.05, 0) is 68.0 Å². The first-order valence-electron chi connectivity index (χ1n) is 11.1. The molecule has 1 aliphatic heterocycles. The van der Waals surface area contributed by atoms with Crippen molar-refractivity contribution in [2.24, 2.45) is 11.8 Å². The third-order valence-corrected chi connectivity index (χ3v) is 5.77. The maximum atomic E-state index is 12.7. The topological polar surface area (TPSA) is 103 Å². The third-order valence-electron chi connectivity index (χ3n) is 5.77. The molecule has 0 unspecified atom stereocenters. The van der Waals surface area contributed by atoms with Crippen LogP contribution in [0.15, 0.2) is 54.6 Å². The maximum absolute atomic E-state index is 12.7. The van der Waals surface area contributed by atoms with E-state index < -0.39 is 0 Å². The van der Waals surface area contributed by atoms with Crippen LogP contribution in [0.1, 0.15) is 25.7 Å². The van der Waals surface area contributed by atoms with Crippen LogP contribution >= 0.6 is 0 Å². The first-order chi connectivity index (χ1) is 15.6. The Morgan fingerprint density at radius 2 is 1.44 bits per heavy atom. The maximum Gasteiger partial charge on any atom is 0.323 e. The summed E-state index contributed by atoms with van der Waals surface area (Å²) in [4.78, 5) is 38.9. The molecule has 1 atom stereocenters. The number of urea groups is 2. The number of nitrogens with one attached hydrogen (secondary N) is 4. The van der Waals surface area contributed by atoms with Gasteiger partial charge in [0.05, 0.1) is 5.92 Å². The molecule has 1 saturated carbocycles. The summed E-state index contributed by atoms with van der Waals surface area (Å²) in [5, 5.41) is 11.4. The lowest BCUT2D eigenvalue weighted by Gasteiger charge is -2.32. The molecule has 1 saturated heterocycles. The Hall–Kier alpha value is -3.55. The molecule has 0 aromatic heterocycles. The molecule has 2 aliphatic rings. The number of hydrogen-bond acceptors (Lipinski definition) is 3. The van der Waals surface area contributed by atoms with Crippen molar-refractivity contribution in [1.82, 2.24) is 10.2 Å². The number of carbonyl (C=O) groups excluding carboxylic acids is 3. The Morgan fingerprint density at radius 1 is 0.812 bits per heavy atom. The molecule has 0 bridgehead atoms. The van der Waals surface area contributed by atoms with Gasteiger partial charge in [-0.3, -0.25) is 4.79 Å². The molecule has 2 fully saturated rings. The monoisotopic (exact) mass is 435 g/mol. The van der Waals surface area contributed by atoms with Crippen LogP contribution in [0, 0.1) is 11.8 Å². The second-order valence-corrected chi connectivity index (χ2v) is 8.43. The van der Waals surface area contributed by atoms with Crippen molar-refractivity contribution in [3.05, 3.63) is 54.6 Å². The Balaban J connectivity index is 1.24. The minimum absolute atomic E-state index is 0.0543. The smallest absolute Gasteiger partial charge is 0.323 e. The normalized spacial score (nSPS) is 17.9. The predicted molar refractivity (Wildman–Crippen MR) is 125 cm³/mol. The number of piperidine rings is 1. The molecule has 5 amide bonds. The quantitative estimate of drug-likeness (QED) is 0.549. The Labute approximate surface area is 187 Å². The zero-order chi connectivity index (χ0) is 22.3. The van der Waals surface area contributed by atoms with Gasteiger partial charge in [0.15, 0.2) is 0 Å². The minimum Gasteiger partial charge on any atom is -0.356 e. The number of rotatable bonds is 6. The third kappa shape index (κ3) is 6.23. The van der Waals surface area contributed by atoms with Crippen LogP contribution in [0.3, 0.4) is 0 Å². The summed E-state index contributed by atoms with van der Waals surface area (Å²) in [6.45, 7) is 1.82. The van der Waals surface area contributed by atoms with E-state index in [-0.39, 0.29) is 23.9 Å². The summed E-state index contributed by atoms with van der Waals surface area (Å²) in [7, 11) is 0. The number of carbonyl (C=O) groups is 3. The van der Waals surface area contributed by atoms with E-state index in [9.17, 15) is 14.4 Å². The van der Waals surface area contributed by atoms with Gasteiger partial charge < -0.3 is 26.2 Å². The van der Waals surface area contributed by atoms with Gasteiger partial charge in [-0.25, -0.2) is 9.59 Å². The van der Waals surface area contributed by atoms with Crippen molar-refractivity contribution < 1.29 is 14.4 Å². The summed E-state index contributed by atoms with van der Waals surface area (Å²) in [6, 6.07) is 15.6. The number of hydrogen-bond donors (Lipinski definition) is 4. The highest BCUT2D eigenvalue weighted by molar-refractivity contribution is 6.00. The Kier molecular flexibility index (Phi) is 6.89. The number of nitrogens with zero attached hydrogens (tertiary/aromatic N) is 1. The predicted octanol–water partition coefficient (Wildman–Crippen LogP) is 4.10. The summed E-state index contributed by atoms with van der Waals surface area (Å²) in [5.74, 6) is 0.547. The Bertz CT molecular complexity index is 944. The summed E-state index contributed by atoms with van der Waals surface area (Å²) in [5.41, 5.74) is 1.95. The highest BCUT2D eigenvalue weighted by atomic mass is 16.2. The minimum atomic E-state index is -0.340. The summed E-state index contributed by atoms with van der Waals surface area (Å²) < 4.78 is 0. The van der Waals surface area contributed by atoms with Crippen LogP contribution in [-0.2, 0) is 4.79 Å². The number of anilines is 3. The lowest BCUT2D eigenvalue weighted by atomic mass is 9.97. The van der Waals surface area contributed by atoms with Gasteiger partial charge >= 0.3 is 12.1 Å². The van der Waals surface area contributed by atoms with Crippen LogP contribution in [0.5, 0.6) is 0 Å². The van der Waals surface area contributed by atoms with Gasteiger partial charge in [0.2, 0.25) is 5.91 Å². The molecule has 1 heterocycles. The zero-order valence-electron chi connectivity index (χ0n) is 18.0. The van der Waals surface area contributed by atoms with Crippen LogP contribution in [0.4, 0.5) is 26.7 Å². The fraction of sp³-hybridized carbons (Fsp3) is 0.375. The van der Waals surface area contributed by atoms with Gasteiger partial charge in [-0.15, -0.1) is 0 Å². The van der Waals surface area contributed by atoms with Crippen molar-refractivity contribution in [1.29, 1.82) is 0 Å². The second-order valence-electron chi connectivity index (χ2n) is 8.43. The highest BCUT2D eigenvalue weighted by Gasteiger charge is 2.30. The van der Waals surface area contributed by atoms with Crippen LogP contribution in [0.2, 0.25) is 0 Å². The van der Waals surface area contributed by atoms with Crippen molar-refractivity contribution in [2.45, 2.75) is 25.7 Å². The zero-order valence-corrected chi connectivity index (χ0v) is 18.0. The number of amides is 5. The molecule has 8 nitrogen and oxygen atoms in total. The molecule has 0 radical (unpaired) electrons. The number of para-hydroxylation sites is 1. The average Bonchev–Trinajstić information content (AvgIpc) is 3.64. The summed E-state index contributed by atoms with van der Waals surface area (Å²) in [6.07, 6.45) is 4.02. The van der Waals surface area contributed by atoms with Crippen LogP contribution in [0.25, 0.3) is 0 Å². The number of likely N-dealkylation sites (tertiary alicyclic amines) is 1. The van der Waals surface area contributed by atoms with E-state index in [0.29, 0.717) is 36.1 Å². The van der Waals surface area contributed by atoms with Crippen molar-refractivity contribution in [3.63, 3.8) is 0 Å². The van der Waals surface area contributed by atoms with E-state index in [2.05, 4.69) is 21.3 Å². The van der Waals surface area contributed by atoms with Gasteiger partial charge in [-0.2, -0.15) is 0 Å². The van der Waals surface area contributed by atoms with E-state index in [1.165, 1.54) is 12.8 Å². The standard InChI is InChI=1S/C24H29N5O3/c30-22(25-15-17-8-9-17)18-5-4-14-29(16-18)24(32)28-21-12-10-20(11-13-21)27-23(31)26-19-6-2-1-3-7-19/h1-3,6-7,10-13,17-18H,4-5,8-9,14-16H2,(H,25,30)(H,28,32)(H2,26,27,31)/t18-/m1/s1. The lowest BCUT2D eigenvalue weighted by molar-refractivity contribution is -0.126. The molecular weight excluding hydrogens is 406 g/mol. The summed E-state index contributed by atoms with van der Waals surface area (Å²) >= 11 is 0. The molecular formula is C24H29N5O3. The van der Waals surface area contributed by atoms with Gasteiger partial charge in [0, 0.05) is 36.7 Å². The molecule has 4 N–H and O–H groups in total. The second kappa shape index (κ2) is 10.2. The Morgan fingerprint density at radius 3 is 2.09 bits per heavy atom. The molecule has 32 heavy (non-hydrogen) atoms. The largest absolute Gasteiger partial charge is 0.356 e. The average molecular weight is 436 g/mol. The fourth-order valence-electron chi connectivity index (χ4n) is 3.74. The van der Waals surface area contributed by atoms with Crippen LogP contribution in [-0.4, -0.2) is 42.5 Å². The van der Waals surface area contributed by atoms with Crippen molar-refractivity contribution in [3.8, 4) is 0 Å². The van der Waals surface area contributed by atoms with Crippen LogP contribution < -0.4 is 21.3 Å². The van der Waals surface area contributed by atoms with E-state index in [1.54, 1.807) is 41.3 Å². The molecule has 2 aromatic rings. The molecule has 8 heteroatoms. The molecule has 168 valence electrons. The number of benzene rings is 2. The van der Waals surface area contributed by atoms with Gasteiger partial charge in [-0.1, -0.05) is 18.2 Å². The van der Waals surface area contributed by atoms with E-state index in [1.807, 2.05) is 18.2 Å². The molecule has 4 rings (SSSR count). The van der Waals surface area contributed by atoms with Crippen molar-refractivity contribution >= 4 is 35.0 Å². The molecule has 2 aromatic carbocycles. The van der Waals surface area contributed by atoms with Gasteiger partial charge in [0.1, 0.15) is 0 Å². The van der Waals surface area contributed by atoms with E-state index in [0.717, 1.165) is 19.4 Å². The fourth-order valence-corrected chi connectivity index (χ4v) is 3.74. The van der Waals surface area contributed by atoms with E-state index in [4.69, 9.17) is 0 Å². The first kappa shape index (κ1) is 21.7. The van der Waals surface area contributed by atoms with Crippen molar-refractivity contribution in [2.75, 3.05) is 35.6 Å². The molecule has 1 aliphatic carbocycles. The SMILES string of the molecule is O=C(Nc1ccccc1)Nc1ccc(NC(=O)N2CCC[C@@H](C(=O)NCC3CC3)C2)cc1. The molecule has 0 spiro atoms. The van der Waals surface area contributed by atoms with Gasteiger partial charge in [0.25, 0.3) is 0 Å². The first-order valence-corrected chi connectivity index (χ1v) is 11.1.